The third-order valence-corrected chi connectivity index (χ3v) is 5.96. The van der Waals surface area contributed by atoms with Gasteiger partial charge in [-0.15, -0.1) is 0 Å². The summed E-state index contributed by atoms with van der Waals surface area (Å²) in [6.07, 6.45) is 1.27. The van der Waals surface area contributed by atoms with Crippen LogP contribution in [-0.4, -0.2) is 40.3 Å². The fourth-order valence-electron chi connectivity index (χ4n) is 3.01. The van der Waals surface area contributed by atoms with Gasteiger partial charge in [0, 0.05) is 19.0 Å². The summed E-state index contributed by atoms with van der Waals surface area (Å²) < 4.78 is 57.2. The molecule has 0 atom stereocenters. The Morgan fingerprint density at radius 2 is 1.72 bits per heavy atom. The molecule has 0 radical (unpaired) electrons. The fourth-order valence-corrected chi connectivity index (χ4v) is 3.97. The average molecular weight is 469 g/mol. The molecule has 0 aliphatic carbocycles. The Balaban J connectivity index is 1.76. The second-order valence-electron chi connectivity index (χ2n) is 8.51. The molecule has 0 spiro atoms. The Labute approximate surface area is 188 Å². The van der Waals surface area contributed by atoms with Crippen molar-refractivity contribution in [1.82, 2.24) is 5.32 Å². The second-order valence-corrected chi connectivity index (χ2v) is 10.4. The molecule has 9 heteroatoms. The normalized spacial score (nSPS) is 11.8. The lowest BCUT2D eigenvalue weighted by atomic mass is 9.87. The number of carbonyl (C=O) groups excluding carboxylic acids is 1. The Bertz CT molecular complexity index is 1020. The predicted molar refractivity (Wildman–Crippen MR) is 121 cm³/mol. The number of rotatable bonds is 10. The van der Waals surface area contributed by atoms with Crippen molar-refractivity contribution < 1.29 is 26.7 Å². The summed E-state index contributed by atoms with van der Waals surface area (Å²) in [5, 5.41) is 2.72. The summed E-state index contributed by atoms with van der Waals surface area (Å²) in [7, 11) is -3.72. The first-order valence-corrected chi connectivity index (χ1v) is 12.2. The minimum atomic E-state index is -3.72. The van der Waals surface area contributed by atoms with Gasteiger partial charge in [0.05, 0.1) is 18.5 Å². The summed E-state index contributed by atoms with van der Waals surface area (Å²) >= 11 is 0. The standard InChI is InChI=1S/C23H30F2N2O4S/c1-23(2,3)17-7-10-19(11-8-17)31-15-13-26-22(28)6-5-14-27(32(4,29)30)18-9-12-20(24)21(25)16-18/h7-12,16H,5-6,13-15H2,1-4H3,(H,26,28). The Morgan fingerprint density at radius 3 is 2.28 bits per heavy atom. The number of amides is 1. The van der Waals surface area contributed by atoms with E-state index in [1.54, 1.807) is 0 Å². The van der Waals surface area contributed by atoms with Crippen LogP contribution in [0, 0.1) is 11.6 Å². The minimum absolute atomic E-state index is 0.0117. The zero-order valence-electron chi connectivity index (χ0n) is 18.8. The molecule has 1 amide bonds. The van der Waals surface area contributed by atoms with Crippen LogP contribution in [0.25, 0.3) is 0 Å². The lowest BCUT2D eigenvalue weighted by molar-refractivity contribution is -0.121. The van der Waals surface area contributed by atoms with Gasteiger partial charge in [-0.05, 0) is 41.7 Å². The second kappa shape index (κ2) is 10.8. The van der Waals surface area contributed by atoms with Crippen LogP contribution in [0.4, 0.5) is 14.5 Å². The zero-order chi connectivity index (χ0) is 23.9. The van der Waals surface area contributed by atoms with Crippen LogP contribution in [-0.2, 0) is 20.2 Å². The lowest BCUT2D eigenvalue weighted by Crippen LogP contribution is -2.33. The fraction of sp³-hybridized carbons (Fsp3) is 0.435. The number of nitrogens with one attached hydrogen (secondary N) is 1. The van der Waals surface area contributed by atoms with Gasteiger partial charge in [0.2, 0.25) is 15.9 Å². The lowest BCUT2D eigenvalue weighted by Gasteiger charge is -2.22. The monoisotopic (exact) mass is 468 g/mol. The van der Waals surface area contributed by atoms with Crippen LogP contribution in [0.3, 0.4) is 0 Å². The SMILES string of the molecule is CC(C)(C)c1ccc(OCCNC(=O)CCCN(c2ccc(F)c(F)c2)S(C)(=O)=O)cc1. The van der Waals surface area contributed by atoms with Gasteiger partial charge < -0.3 is 10.1 Å². The highest BCUT2D eigenvalue weighted by molar-refractivity contribution is 7.92. The minimum Gasteiger partial charge on any atom is -0.492 e. The van der Waals surface area contributed by atoms with Crippen LogP contribution in [0.15, 0.2) is 42.5 Å². The molecule has 0 aromatic heterocycles. The molecule has 0 aliphatic rings. The van der Waals surface area contributed by atoms with E-state index >= 15 is 0 Å². The number of halogens is 2. The van der Waals surface area contributed by atoms with Crippen LogP contribution in [0.1, 0.15) is 39.2 Å². The molecule has 2 rings (SSSR count). The molecule has 1 N–H and O–H groups in total. The van der Waals surface area contributed by atoms with Crippen molar-refractivity contribution in [3.63, 3.8) is 0 Å². The molecule has 2 aromatic rings. The number of ether oxygens (including phenoxy) is 1. The molecule has 2 aromatic carbocycles. The zero-order valence-corrected chi connectivity index (χ0v) is 19.6. The molecule has 6 nitrogen and oxygen atoms in total. The molecular weight excluding hydrogens is 438 g/mol. The van der Waals surface area contributed by atoms with Crippen molar-refractivity contribution >= 4 is 21.6 Å². The number of hydrogen-bond donors (Lipinski definition) is 1. The van der Waals surface area contributed by atoms with Gasteiger partial charge in [-0.2, -0.15) is 0 Å². The van der Waals surface area contributed by atoms with E-state index in [0.29, 0.717) is 18.9 Å². The van der Waals surface area contributed by atoms with Crippen molar-refractivity contribution in [2.75, 3.05) is 30.3 Å². The molecule has 0 fully saturated rings. The van der Waals surface area contributed by atoms with Gasteiger partial charge >= 0.3 is 0 Å². The molecule has 0 aliphatic heterocycles. The van der Waals surface area contributed by atoms with Gasteiger partial charge in [0.15, 0.2) is 11.6 Å². The summed E-state index contributed by atoms with van der Waals surface area (Å²) in [4.78, 5) is 12.0. The number of sulfonamides is 1. The predicted octanol–water partition coefficient (Wildman–Crippen LogP) is 4.00. The van der Waals surface area contributed by atoms with Crippen LogP contribution in [0.5, 0.6) is 5.75 Å². The number of carbonyl (C=O) groups is 1. The first-order chi connectivity index (χ1) is 14.9. The maximum absolute atomic E-state index is 13.5. The molecule has 0 bridgehead atoms. The van der Waals surface area contributed by atoms with E-state index in [2.05, 4.69) is 26.1 Å². The van der Waals surface area contributed by atoms with Crippen molar-refractivity contribution in [1.29, 1.82) is 0 Å². The van der Waals surface area contributed by atoms with Crippen molar-refractivity contribution in [2.45, 2.75) is 39.0 Å². The van der Waals surface area contributed by atoms with E-state index in [4.69, 9.17) is 4.74 Å². The first kappa shape index (κ1) is 25.6. The number of nitrogens with zero attached hydrogens (tertiary/aromatic N) is 1. The van der Waals surface area contributed by atoms with E-state index in [-0.39, 0.29) is 36.4 Å². The summed E-state index contributed by atoms with van der Waals surface area (Å²) in [6.45, 7) is 6.96. The van der Waals surface area contributed by atoms with Crippen molar-refractivity contribution in [3.05, 3.63) is 59.7 Å². The molecule has 32 heavy (non-hydrogen) atoms. The summed E-state index contributed by atoms with van der Waals surface area (Å²) in [6, 6.07) is 10.7. The van der Waals surface area contributed by atoms with Gasteiger partial charge in [-0.25, -0.2) is 17.2 Å². The first-order valence-electron chi connectivity index (χ1n) is 10.3. The molecule has 0 heterocycles. The summed E-state index contributed by atoms with van der Waals surface area (Å²) in [5.74, 6) is -1.74. The molecular formula is C23H30F2N2O4S. The molecule has 0 saturated heterocycles. The highest BCUT2D eigenvalue weighted by Gasteiger charge is 2.19. The molecule has 0 saturated carbocycles. The molecule has 176 valence electrons. The van der Waals surface area contributed by atoms with E-state index < -0.39 is 21.7 Å². The average Bonchev–Trinajstić information content (AvgIpc) is 2.69. The van der Waals surface area contributed by atoms with Crippen LogP contribution >= 0.6 is 0 Å². The van der Waals surface area contributed by atoms with E-state index in [1.165, 1.54) is 11.6 Å². The quantitative estimate of drug-likeness (QED) is 0.535. The third kappa shape index (κ3) is 7.78. The van der Waals surface area contributed by atoms with Crippen molar-refractivity contribution in [3.8, 4) is 5.75 Å². The van der Waals surface area contributed by atoms with Gasteiger partial charge in [-0.1, -0.05) is 32.9 Å². The number of hydrogen-bond acceptors (Lipinski definition) is 4. The summed E-state index contributed by atoms with van der Waals surface area (Å²) in [5.41, 5.74) is 1.27. The van der Waals surface area contributed by atoms with E-state index in [1.807, 2.05) is 24.3 Å². The van der Waals surface area contributed by atoms with Crippen LogP contribution < -0.4 is 14.4 Å². The third-order valence-electron chi connectivity index (χ3n) is 4.77. The maximum Gasteiger partial charge on any atom is 0.232 e. The van der Waals surface area contributed by atoms with E-state index in [0.717, 1.165) is 22.7 Å². The number of anilines is 1. The van der Waals surface area contributed by atoms with E-state index in [9.17, 15) is 22.0 Å². The maximum atomic E-state index is 13.5. The van der Waals surface area contributed by atoms with Crippen molar-refractivity contribution in [2.24, 2.45) is 0 Å². The topological polar surface area (TPSA) is 75.7 Å². The largest absolute Gasteiger partial charge is 0.492 e. The Kier molecular flexibility index (Phi) is 8.60. The van der Waals surface area contributed by atoms with Gasteiger partial charge in [-0.3, -0.25) is 9.10 Å². The highest BCUT2D eigenvalue weighted by atomic mass is 32.2. The molecule has 0 unspecified atom stereocenters. The van der Waals surface area contributed by atoms with Gasteiger partial charge in [0.25, 0.3) is 0 Å². The van der Waals surface area contributed by atoms with Crippen LogP contribution in [0.2, 0.25) is 0 Å². The Hall–Kier alpha value is -2.68. The van der Waals surface area contributed by atoms with Gasteiger partial charge in [0.1, 0.15) is 12.4 Å². The number of benzene rings is 2. The Morgan fingerprint density at radius 1 is 1.06 bits per heavy atom. The highest BCUT2D eigenvalue weighted by Crippen LogP contribution is 2.24. The smallest absolute Gasteiger partial charge is 0.232 e.